The molecule has 1 atom stereocenters. The number of rotatable bonds is 6. The van der Waals surface area contributed by atoms with Gasteiger partial charge in [0.1, 0.15) is 17.9 Å². The van der Waals surface area contributed by atoms with Crippen LogP contribution in [-0.2, 0) is 26.7 Å². The van der Waals surface area contributed by atoms with Gasteiger partial charge in [-0.25, -0.2) is 0 Å². The maximum atomic E-state index is 6.04. The van der Waals surface area contributed by atoms with E-state index in [0.29, 0.717) is 6.67 Å². The van der Waals surface area contributed by atoms with Crippen molar-refractivity contribution in [1.82, 2.24) is 14.3 Å². The van der Waals surface area contributed by atoms with Gasteiger partial charge in [0.05, 0.1) is 12.6 Å². The standard InChI is InChI=1S/C22H24N4OS/c1-4-19-18(17-12-8-9-13-20(17)27-19)14-24(2)15-26-22(28)25(3)21(23-26)16-10-6-5-7-11-16/h5-13H,4,14-15H2,1-3H3/p+1. The number of para-hydroxylation sites is 1. The smallest absolute Gasteiger partial charge is 0.202 e. The maximum absolute atomic E-state index is 6.04. The minimum Gasteiger partial charge on any atom is -0.461 e. The number of hydrogen-bond donors (Lipinski definition) is 1. The van der Waals surface area contributed by atoms with Gasteiger partial charge in [-0.15, -0.1) is 5.10 Å². The molecule has 1 unspecified atom stereocenters. The van der Waals surface area contributed by atoms with E-state index in [1.807, 2.05) is 46.6 Å². The van der Waals surface area contributed by atoms with Gasteiger partial charge in [0.25, 0.3) is 0 Å². The van der Waals surface area contributed by atoms with E-state index in [9.17, 15) is 0 Å². The van der Waals surface area contributed by atoms with Gasteiger partial charge in [-0.2, -0.15) is 4.68 Å². The van der Waals surface area contributed by atoms with Crippen LogP contribution in [0, 0.1) is 4.77 Å². The Morgan fingerprint density at radius 3 is 2.54 bits per heavy atom. The Morgan fingerprint density at radius 2 is 1.79 bits per heavy atom. The normalized spacial score (nSPS) is 12.5. The van der Waals surface area contributed by atoms with E-state index < -0.39 is 0 Å². The molecule has 28 heavy (non-hydrogen) atoms. The van der Waals surface area contributed by atoms with Gasteiger partial charge in [-0.1, -0.05) is 55.5 Å². The van der Waals surface area contributed by atoms with Crippen molar-refractivity contribution in [2.75, 3.05) is 7.05 Å². The average Bonchev–Trinajstić information content (AvgIpc) is 3.21. The molecular formula is C22H25N4OS+. The van der Waals surface area contributed by atoms with Gasteiger partial charge in [-0.05, 0) is 18.3 Å². The molecule has 0 amide bonds. The molecule has 144 valence electrons. The van der Waals surface area contributed by atoms with E-state index in [-0.39, 0.29) is 0 Å². The molecule has 4 rings (SSSR count). The minimum atomic E-state index is 0.697. The van der Waals surface area contributed by atoms with Crippen LogP contribution in [0.1, 0.15) is 18.2 Å². The summed E-state index contributed by atoms with van der Waals surface area (Å²) in [5.41, 5.74) is 3.31. The molecular weight excluding hydrogens is 368 g/mol. The first kappa shape index (κ1) is 18.7. The number of aryl methyl sites for hydroxylation is 1. The van der Waals surface area contributed by atoms with E-state index >= 15 is 0 Å². The number of aromatic nitrogens is 3. The van der Waals surface area contributed by atoms with Crippen LogP contribution in [0.25, 0.3) is 22.4 Å². The molecule has 0 aliphatic carbocycles. The van der Waals surface area contributed by atoms with E-state index in [1.54, 1.807) is 0 Å². The Morgan fingerprint density at radius 1 is 1.07 bits per heavy atom. The first-order valence-corrected chi connectivity index (χ1v) is 9.99. The monoisotopic (exact) mass is 393 g/mol. The molecule has 2 aromatic heterocycles. The number of nitrogens with zero attached hydrogens (tertiary/aromatic N) is 3. The van der Waals surface area contributed by atoms with Crippen molar-refractivity contribution in [1.29, 1.82) is 0 Å². The van der Waals surface area contributed by atoms with E-state index in [1.165, 1.54) is 15.8 Å². The molecule has 0 spiro atoms. The Balaban J connectivity index is 1.60. The van der Waals surface area contributed by atoms with Crippen LogP contribution < -0.4 is 4.90 Å². The summed E-state index contributed by atoms with van der Waals surface area (Å²) >= 11 is 5.64. The summed E-state index contributed by atoms with van der Waals surface area (Å²) in [5.74, 6) is 1.96. The first-order valence-electron chi connectivity index (χ1n) is 9.58. The zero-order valence-electron chi connectivity index (χ0n) is 16.5. The van der Waals surface area contributed by atoms with Crippen LogP contribution in [0.3, 0.4) is 0 Å². The molecule has 2 aromatic carbocycles. The maximum Gasteiger partial charge on any atom is 0.202 e. The molecule has 0 aliphatic heterocycles. The van der Waals surface area contributed by atoms with Gasteiger partial charge < -0.3 is 13.9 Å². The Bertz CT molecular complexity index is 1160. The van der Waals surface area contributed by atoms with Crippen molar-refractivity contribution in [3.05, 3.63) is 70.7 Å². The molecule has 0 aliphatic rings. The SMILES string of the molecule is CCc1oc2ccccc2c1C[NH+](C)Cn1nc(-c2ccccc2)n(C)c1=S. The lowest BCUT2D eigenvalue weighted by atomic mass is 10.1. The first-order chi connectivity index (χ1) is 13.6. The molecule has 2 heterocycles. The van der Waals surface area contributed by atoms with E-state index in [2.05, 4.69) is 38.2 Å². The summed E-state index contributed by atoms with van der Waals surface area (Å²) in [6, 6.07) is 18.4. The number of nitrogens with one attached hydrogen (secondary N) is 1. The van der Waals surface area contributed by atoms with Crippen molar-refractivity contribution in [3.63, 3.8) is 0 Å². The molecule has 5 nitrogen and oxygen atoms in total. The molecule has 0 radical (unpaired) electrons. The summed E-state index contributed by atoms with van der Waals surface area (Å²) in [4.78, 5) is 1.30. The highest BCUT2D eigenvalue weighted by molar-refractivity contribution is 7.71. The van der Waals surface area contributed by atoms with Gasteiger partial charge in [0.2, 0.25) is 4.77 Å². The van der Waals surface area contributed by atoms with Gasteiger partial charge in [0, 0.05) is 24.4 Å². The predicted molar refractivity (Wildman–Crippen MR) is 114 cm³/mol. The van der Waals surface area contributed by atoms with Crippen LogP contribution in [0.15, 0.2) is 59.0 Å². The van der Waals surface area contributed by atoms with Crippen molar-refractivity contribution >= 4 is 23.2 Å². The third-order valence-corrected chi connectivity index (χ3v) is 5.56. The fourth-order valence-corrected chi connectivity index (χ4v) is 3.86. The van der Waals surface area contributed by atoms with Gasteiger partial charge in [-0.3, -0.25) is 0 Å². The van der Waals surface area contributed by atoms with E-state index in [0.717, 1.165) is 40.5 Å². The zero-order valence-corrected chi connectivity index (χ0v) is 17.3. The van der Waals surface area contributed by atoms with Crippen LogP contribution >= 0.6 is 12.2 Å². The van der Waals surface area contributed by atoms with E-state index in [4.69, 9.17) is 21.7 Å². The number of furan rings is 1. The summed E-state index contributed by atoms with van der Waals surface area (Å²) < 4.78 is 10.7. The second-order valence-corrected chi connectivity index (χ2v) is 7.54. The Hall–Kier alpha value is -2.70. The highest BCUT2D eigenvalue weighted by Gasteiger charge is 2.18. The second kappa shape index (κ2) is 7.73. The minimum absolute atomic E-state index is 0.697. The molecule has 0 saturated heterocycles. The van der Waals surface area contributed by atoms with Crippen molar-refractivity contribution < 1.29 is 9.32 Å². The van der Waals surface area contributed by atoms with Crippen LogP contribution in [0.4, 0.5) is 0 Å². The van der Waals surface area contributed by atoms with Gasteiger partial charge >= 0.3 is 0 Å². The quantitative estimate of drug-likeness (QED) is 0.509. The second-order valence-electron chi connectivity index (χ2n) is 7.18. The zero-order chi connectivity index (χ0) is 19.7. The summed E-state index contributed by atoms with van der Waals surface area (Å²) in [5, 5.41) is 5.99. The topological polar surface area (TPSA) is 40.3 Å². The summed E-state index contributed by atoms with van der Waals surface area (Å²) in [7, 11) is 4.14. The van der Waals surface area contributed by atoms with Crippen molar-refractivity contribution in [2.45, 2.75) is 26.6 Å². The van der Waals surface area contributed by atoms with Crippen LogP contribution in [0.2, 0.25) is 0 Å². The molecule has 0 fully saturated rings. The third-order valence-electron chi connectivity index (χ3n) is 5.07. The number of hydrogen-bond acceptors (Lipinski definition) is 3. The molecule has 0 saturated carbocycles. The Labute approximate surface area is 169 Å². The number of benzene rings is 2. The lowest BCUT2D eigenvalue weighted by Gasteiger charge is -2.14. The molecule has 6 heteroatoms. The average molecular weight is 394 g/mol. The highest BCUT2D eigenvalue weighted by Crippen LogP contribution is 2.25. The predicted octanol–water partition coefficient (Wildman–Crippen LogP) is 3.60. The fourth-order valence-electron chi connectivity index (χ4n) is 3.67. The third kappa shape index (κ3) is 3.41. The van der Waals surface area contributed by atoms with Crippen LogP contribution in [0.5, 0.6) is 0 Å². The van der Waals surface area contributed by atoms with Crippen molar-refractivity contribution in [3.8, 4) is 11.4 Å². The van der Waals surface area contributed by atoms with Gasteiger partial charge in [0.15, 0.2) is 12.5 Å². The summed E-state index contributed by atoms with van der Waals surface area (Å²) in [6.07, 6.45) is 0.887. The Kier molecular flexibility index (Phi) is 5.15. The fraction of sp³-hybridized carbons (Fsp3) is 0.273. The van der Waals surface area contributed by atoms with Crippen LogP contribution in [-0.4, -0.2) is 21.4 Å². The lowest BCUT2D eigenvalue weighted by molar-refractivity contribution is -0.917. The highest BCUT2D eigenvalue weighted by atomic mass is 32.1. The number of fused-ring (bicyclic) bond motifs is 1. The largest absolute Gasteiger partial charge is 0.461 e. The molecule has 1 N–H and O–H groups in total. The molecule has 0 bridgehead atoms. The molecule has 4 aromatic rings. The summed E-state index contributed by atoms with van der Waals surface area (Å²) in [6.45, 7) is 3.69. The lowest BCUT2D eigenvalue weighted by Crippen LogP contribution is -3.07. The van der Waals surface area contributed by atoms with Crippen molar-refractivity contribution in [2.24, 2.45) is 7.05 Å². The number of quaternary nitrogens is 1.